The average molecular weight is 514 g/mol. The van der Waals surface area contributed by atoms with Gasteiger partial charge in [0.25, 0.3) is 0 Å². The van der Waals surface area contributed by atoms with E-state index in [1.807, 2.05) is 30.5 Å². The van der Waals surface area contributed by atoms with Crippen molar-refractivity contribution in [3.63, 3.8) is 0 Å². The number of carbonyl (C=O) groups is 1. The number of pyridine rings is 1. The molecule has 3 rings (SSSR count). The van der Waals surface area contributed by atoms with Crippen molar-refractivity contribution in [2.45, 2.75) is 38.8 Å². The van der Waals surface area contributed by atoms with Gasteiger partial charge in [-0.15, -0.1) is 11.3 Å². The molecule has 0 N–H and O–H groups in total. The molecular weight excluding hydrogens is 491 g/mol. The first-order valence-electron chi connectivity index (χ1n) is 10.5. The van der Waals surface area contributed by atoms with Gasteiger partial charge in [0.15, 0.2) is 5.15 Å². The maximum absolute atomic E-state index is 13.0. The highest BCUT2D eigenvalue weighted by molar-refractivity contribution is 7.12. The Labute approximate surface area is 203 Å². The molecule has 0 saturated carbocycles. The summed E-state index contributed by atoms with van der Waals surface area (Å²) >= 11 is 7.73. The summed E-state index contributed by atoms with van der Waals surface area (Å²) in [6.45, 7) is 2.04. The number of carbonyl (C=O) groups excluding carboxylic acids is 1. The molecule has 0 aliphatic carbocycles. The Hall–Kier alpha value is -2.92. The summed E-state index contributed by atoms with van der Waals surface area (Å²) < 4.78 is 38.4. The molecule has 3 aromatic rings. The highest BCUT2D eigenvalue weighted by Gasteiger charge is 2.26. The van der Waals surface area contributed by atoms with Gasteiger partial charge in [-0.1, -0.05) is 22.8 Å². The number of halogens is 4. The van der Waals surface area contributed by atoms with Gasteiger partial charge in [-0.25, -0.2) is 4.68 Å². The number of alkyl halides is 3. The third kappa shape index (κ3) is 7.29. The van der Waals surface area contributed by atoms with E-state index >= 15 is 0 Å². The van der Waals surface area contributed by atoms with Crippen LogP contribution in [0.5, 0.6) is 0 Å². The lowest BCUT2D eigenvalue weighted by Crippen LogP contribution is -2.30. The van der Waals surface area contributed by atoms with Crippen molar-refractivity contribution < 1.29 is 22.8 Å². The minimum atomic E-state index is -4.23. The smallest absolute Gasteiger partial charge is 0.389 e. The van der Waals surface area contributed by atoms with Crippen molar-refractivity contribution >= 4 is 40.2 Å². The molecule has 0 radical (unpaired) electrons. The Morgan fingerprint density at radius 1 is 1.29 bits per heavy atom. The molecule has 0 aliphatic rings. The topological polar surface area (TPSA) is 72.6 Å². The van der Waals surface area contributed by atoms with Crippen LogP contribution >= 0.6 is 22.9 Å². The van der Waals surface area contributed by atoms with Crippen molar-refractivity contribution in [3.8, 4) is 5.69 Å². The van der Waals surface area contributed by atoms with E-state index in [1.54, 1.807) is 29.3 Å². The van der Waals surface area contributed by atoms with E-state index in [-0.39, 0.29) is 36.9 Å². The molecule has 3 heterocycles. The second-order valence-electron chi connectivity index (χ2n) is 7.17. The zero-order valence-corrected chi connectivity index (χ0v) is 19.9. The van der Waals surface area contributed by atoms with Crippen LogP contribution in [0.25, 0.3) is 5.69 Å². The quantitative estimate of drug-likeness (QED) is 0.182. The zero-order valence-electron chi connectivity index (χ0n) is 18.3. The number of thiophene rings is 1. The SMILES string of the molecule is CCN(C(=O)CC/C(=N\OCCCC(F)(F)F)c1cccs1)c1cn(-c2cccnc2)nc1Cl. The second kappa shape index (κ2) is 12.0. The van der Waals surface area contributed by atoms with Crippen LogP contribution in [0.4, 0.5) is 18.9 Å². The molecule has 0 atom stereocenters. The van der Waals surface area contributed by atoms with E-state index in [0.717, 1.165) is 4.88 Å². The molecule has 0 unspecified atom stereocenters. The number of rotatable bonds is 11. The highest BCUT2D eigenvalue weighted by Crippen LogP contribution is 2.27. The van der Waals surface area contributed by atoms with Crippen molar-refractivity contribution in [3.05, 3.63) is 58.3 Å². The van der Waals surface area contributed by atoms with Gasteiger partial charge in [0.05, 0.1) is 28.7 Å². The average Bonchev–Trinajstić information content (AvgIpc) is 3.47. The molecule has 182 valence electrons. The molecule has 7 nitrogen and oxygen atoms in total. The van der Waals surface area contributed by atoms with Gasteiger partial charge >= 0.3 is 6.18 Å². The summed E-state index contributed by atoms with van der Waals surface area (Å²) in [4.78, 5) is 24.5. The van der Waals surface area contributed by atoms with Crippen LogP contribution in [0.15, 0.2) is 53.4 Å². The number of nitrogens with zero attached hydrogens (tertiary/aromatic N) is 5. The highest BCUT2D eigenvalue weighted by atomic mass is 35.5. The fourth-order valence-electron chi connectivity index (χ4n) is 3.11. The maximum Gasteiger partial charge on any atom is 0.389 e. The van der Waals surface area contributed by atoms with Gasteiger partial charge in [0.2, 0.25) is 5.91 Å². The van der Waals surface area contributed by atoms with Crippen LogP contribution in [-0.2, 0) is 9.63 Å². The number of hydrogen-bond acceptors (Lipinski definition) is 6. The number of anilines is 1. The Bertz CT molecular complexity index is 1090. The second-order valence-corrected chi connectivity index (χ2v) is 8.47. The summed E-state index contributed by atoms with van der Waals surface area (Å²) in [7, 11) is 0. The van der Waals surface area contributed by atoms with Crippen LogP contribution in [-0.4, -0.2) is 45.7 Å². The number of oxime groups is 1. The van der Waals surface area contributed by atoms with E-state index in [1.165, 1.54) is 16.2 Å². The first kappa shape index (κ1) is 25.7. The summed E-state index contributed by atoms with van der Waals surface area (Å²) in [5, 5.41) is 10.3. The van der Waals surface area contributed by atoms with E-state index in [0.29, 0.717) is 23.6 Å². The minimum absolute atomic E-state index is 0.102. The first-order valence-corrected chi connectivity index (χ1v) is 11.8. The van der Waals surface area contributed by atoms with Crippen molar-refractivity contribution in [2.75, 3.05) is 18.1 Å². The molecule has 0 bridgehead atoms. The fourth-order valence-corrected chi connectivity index (χ4v) is 4.07. The monoisotopic (exact) mass is 513 g/mol. The van der Waals surface area contributed by atoms with Crippen molar-refractivity contribution in [1.82, 2.24) is 14.8 Å². The van der Waals surface area contributed by atoms with E-state index in [9.17, 15) is 18.0 Å². The zero-order chi connectivity index (χ0) is 24.6. The molecule has 34 heavy (non-hydrogen) atoms. The molecule has 0 fully saturated rings. The van der Waals surface area contributed by atoms with Gasteiger partial charge < -0.3 is 9.74 Å². The number of aromatic nitrogens is 3. The lowest BCUT2D eigenvalue weighted by molar-refractivity contribution is -0.137. The van der Waals surface area contributed by atoms with Crippen molar-refractivity contribution in [1.29, 1.82) is 0 Å². The van der Waals surface area contributed by atoms with Crippen LogP contribution in [0, 0.1) is 0 Å². The molecular formula is C22H23ClF3N5O2S. The normalized spacial score (nSPS) is 12.1. The Morgan fingerprint density at radius 3 is 2.76 bits per heavy atom. The predicted octanol–water partition coefficient (Wildman–Crippen LogP) is 5.88. The molecule has 0 aliphatic heterocycles. The summed E-state index contributed by atoms with van der Waals surface area (Å²) in [6, 6.07) is 7.23. The maximum atomic E-state index is 13.0. The summed E-state index contributed by atoms with van der Waals surface area (Å²) in [6.07, 6.45) is -0.0617. The third-order valence-corrected chi connectivity index (χ3v) is 5.91. The van der Waals surface area contributed by atoms with Crippen molar-refractivity contribution in [2.24, 2.45) is 5.16 Å². The van der Waals surface area contributed by atoms with Gasteiger partial charge in [-0.2, -0.15) is 18.3 Å². The van der Waals surface area contributed by atoms with Crippen LogP contribution in [0.2, 0.25) is 5.15 Å². The molecule has 0 spiro atoms. The van der Waals surface area contributed by atoms with Gasteiger partial charge in [-0.3, -0.25) is 9.78 Å². The van der Waals surface area contributed by atoms with Crippen LogP contribution in [0.1, 0.15) is 37.5 Å². The lowest BCUT2D eigenvalue weighted by Gasteiger charge is -2.19. The minimum Gasteiger partial charge on any atom is -0.396 e. The third-order valence-electron chi connectivity index (χ3n) is 4.72. The molecule has 12 heteroatoms. The van der Waals surface area contributed by atoms with Crippen LogP contribution in [0.3, 0.4) is 0 Å². The molecule has 3 aromatic heterocycles. The number of amides is 1. The summed E-state index contributed by atoms with van der Waals surface area (Å²) in [5.41, 5.74) is 1.67. The van der Waals surface area contributed by atoms with Gasteiger partial charge in [0, 0.05) is 32.0 Å². The van der Waals surface area contributed by atoms with Crippen LogP contribution < -0.4 is 4.90 Å². The van der Waals surface area contributed by atoms with Gasteiger partial charge in [0.1, 0.15) is 12.3 Å². The van der Waals surface area contributed by atoms with E-state index < -0.39 is 12.6 Å². The molecule has 0 saturated heterocycles. The Balaban J connectivity index is 1.66. The summed E-state index contributed by atoms with van der Waals surface area (Å²) in [5.74, 6) is -0.198. The largest absolute Gasteiger partial charge is 0.396 e. The molecule has 1 amide bonds. The Kier molecular flexibility index (Phi) is 9.05. The molecule has 0 aromatic carbocycles. The Morgan fingerprint density at radius 2 is 2.12 bits per heavy atom. The first-order chi connectivity index (χ1) is 16.3. The van der Waals surface area contributed by atoms with E-state index in [4.69, 9.17) is 16.4 Å². The fraction of sp³-hybridized carbons (Fsp3) is 0.364. The predicted molar refractivity (Wildman–Crippen MR) is 126 cm³/mol. The van der Waals surface area contributed by atoms with E-state index in [2.05, 4.69) is 15.2 Å². The number of hydrogen-bond donors (Lipinski definition) is 0. The lowest BCUT2D eigenvalue weighted by atomic mass is 10.1. The van der Waals surface area contributed by atoms with Gasteiger partial charge in [-0.05, 0) is 36.9 Å². The standard InChI is InChI=1S/C22H23ClF3N5O2S/c1-2-30(18-15-31(28-21(18)23)16-6-3-11-27-14-16)20(32)9-8-17(19-7-4-13-34-19)29-33-12-5-10-22(24,25)26/h3-4,6-7,11,13-15H,2,5,8-10,12H2,1H3/b29-17+.